The van der Waals surface area contributed by atoms with Gasteiger partial charge in [-0.15, -0.1) is 0 Å². The van der Waals surface area contributed by atoms with Crippen LogP contribution < -0.4 is 10.6 Å². The molecule has 7 heteroatoms. The number of carboxylic acid groups (broad SMARTS) is 1. The van der Waals surface area contributed by atoms with E-state index in [2.05, 4.69) is 15.6 Å². The van der Waals surface area contributed by atoms with Gasteiger partial charge in [0.1, 0.15) is 5.69 Å². The van der Waals surface area contributed by atoms with Crippen molar-refractivity contribution in [3.63, 3.8) is 0 Å². The Morgan fingerprint density at radius 1 is 1.37 bits per heavy atom. The fourth-order valence-corrected chi connectivity index (χ4v) is 1.30. The zero-order valence-electron chi connectivity index (χ0n) is 10.8. The van der Waals surface area contributed by atoms with Crippen LogP contribution in [0.4, 0.5) is 10.5 Å². The molecule has 1 aromatic heterocycles. The molecular weight excluding hydrogens is 250 g/mol. The second-order valence-electron chi connectivity index (χ2n) is 4.68. The van der Waals surface area contributed by atoms with E-state index in [0.717, 1.165) is 0 Å². The topological polar surface area (TPSA) is 112 Å². The van der Waals surface area contributed by atoms with Crippen LogP contribution in [0.2, 0.25) is 0 Å². The van der Waals surface area contributed by atoms with Crippen LogP contribution in [0.15, 0.2) is 18.3 Å². The average molecular weight is 267 g/mol. The normalized spacial score (nSPS) is 10.9. The van der Waals surface area contributed by atoms with Crippen LogP contribution in [0.5, 0.6) is 0 Å². The van der Waals surface area contributed by atoms with Gasteiger partial charge in [0.15, 0.2) is 0 Å². The molecular formula is C12H17N3O4. The van der Waals surface area contributed by atoms with Crippen molar-refractivity contribution in [1.82, 2.24) is 10.3 Å². The highest BCUT2D eigenvalue weighted by molar-refractivity contribution is 5.92. The highest BCUT2D eigenvalue weighted by Gasteiger charge is 2.13. The molecule has 0 spiro atoms. The maximum Gasteiger partial charge on any atom is 0.409 e. The van der Waals surface area contributed by atoms with Crippen LogP contribution in [0.25, 0.3) is 0 Å². The van der Waals surface area contributed by atoms with E-state index < -0.39 is 11.7 Å². The number of aromatic nitrogens is 1. The van der Waals surface area contributed by atoms with E-state index in [1.165, 1.54) is 18.3 Å². The quantitative estimate of drug-likeness (QED) is 0.637. The Hall–Kier alpha value is -2.15. The molecule has 4 N–H and O–H groups in total. The molecule has 0 aliphatic rings. The third-order valence-corrected chi connectivity index (χ3v) is 2.27. The number of pyridine rings is 1. The number of rotatable bonds is 5. The summed E-state index contributed by atoms with van der Waals surface area (Å²) in [7, 11) is 0. The smallest absolute Gasteiger partial charge is 0.409 e. The number of hydrogen-bond acceptors (Lipinski definition) is 4. The van der Waals surface area contributed by atoms with E-state index in [0.29, 0.717) is 18.7 Å². The van der Waals surface area contributed by atoms with Gasteiger partial charge in [-0.2, -0.15) is 0 Å². The van der Waals surface area contributed by atoms with Gasteiger partial charge in [0, 0.05) is 6.54 Å². The molecule has 0 bridgehead atoms. The van der Waals surface area contributed by atoms with E-state index in [4.69, 9.17) is 5.11 Å². The molecule has 0 unspecified atom stereocenters. The first kappa shape index (κ1) is 14.9. The van der Waals surface area contributed by atoms with E-state index in [1.807, 2.05) is 0 Å². The van der Waals surface area contributed by atoms with Crippen LogP contribution in [0, 0.1) is 0 Å². The first-order valence-electron chi connectivity index (χ1n) is 5.74. The monoisotopic (exact) mass is 267 g/mol. The highest BCUT2D eigenvalue weighted by Crippen LogP contribution is 2.07. The van der Waals surface area contributed by atoms with Crippen molar-refractivity contribution >= 4 is 17.7 Å². The van der Waals surface area contributed by atoms with Crippen molar-refractivity contribution in [3.8, 4) is 0 Å². The van der Waals surface area contributed by atoms with Crippen LogP contribution in [0.3, 0.4) is 0 Å². The minimum absolute atomic E-state index is 0.187. The molecule has 0 saturated carbocycles. The number of hydrogen-bond donors (Lipinski definition) is 4. The number of carbonyl (C=O) groups excluding carboxylic acids is 1. The molecule has 0 fully saturated rings. The Morgan fingerprint density at radius 3 is 2.53 bits per heavy atom. The standard InChI is InChI=1S/C12H17N3O4/c1-12(2,19)5-6-13-10(16)9-4-3-8(7-14-9)15-11(17)18/h3-4,7,15,19H,5-6H2,1-2H3,(H,13,16)(H,17,18). The van der Waals surface area contributed by atoms with Gasteiger partial charge in [-0.05, 0) is 32.4 Å². The lowest BCUT2D eigenvalue weighted by molar-refractivity contribution is 0.0692. The predicted octanol–water partition coefficient (Wildman–Crippen LogP) is 1.06. The molecule has 0 aromatic carbocycles. The Balaban J connectivity index is 2.51. The van der Waals surface area contributed by atoms with Gasteiger partial charge in [0.25, 0.3) is 5.91 Å². The lowest BCUT2D eigenvalue weighted by Crippen LogP contribution is -2.31. The summed E-state index contributed by atoms with van der Waals surface area (Å²) in [5, 5.41) is 22.7. The van der Waals surface area contributed by atoms with Gasteiger partial charge in [-0.1, -0.05) is 0 Å². The van der Waals surface area contributed by atoms with E-state index in [-0.39, 0.29) is 11.6 Å². The molecule has 0 aliphatic heterocycles. The summed E-state index contributed by atoms with van der Waals surface area (Å²) in [6.45, 7) is 3.65. The summed E-state index contributed by atoms with van der Waals surface area (Å²) >= 11 is 0. The molecule has 0 radical (unpaired) electrons. The maximum absolute atomic E-state index is 11.7. The highest BCUT2D eigenvalue weighted by atomic mass is 16.4. The van der Waals surface area contributed by atoms with E-state index >= 15 is 0 Å². The first-order valence-corrected chi connectivity index (χ1v) is 5.74. The van der Waals surface area contributed by atoms with Crippen LogP contribution in [-0.2, 0) is 0 Å². The molecule has 1 heterocycles. The first-order chi connectivity index (χ1) is 8.78. The molecule has 104 valence electrons. The van der Waals surface area contributed by atoms with Crippen LogP contribution >= 0.6 is 0 Å². The molecule has 19 heavy (non-hydrogen) atoms. The number of aliphatic hydroxyl groups is 1. The minimum atomic E-state index is -1.19. The second-order valence-corrected chi connectivity index (χ2v) is 4.68. The average Bonchev–Trinajstić information content (AvgIpc) is 2.27. The van der Waals surface area contributed by atoms with Crippen LogP contribution in [0.1, 0.15) is 30.8 Å². The fraction of sp³-hybridized carbons (Fsp3) is 0.417. The SMILES string of the molecule is CC(C)(O)CCNC(=O)c1ccc(NC(=O)O)cn1. The molecule has 0 aliphatic carbocycles. The van der Waals surface area contributed by atoms with Gasteiger partial charge in [-0.25, -0.2) is 9.78 Å². The van der Waals surface area contributed by atoms with Crippen molar-refractivity contribution < 1.29 is 19.8 Å². The van der Waals surface area contributed by atoms with Crippen molar-refractivity contribution in [3.05, 3.63) is 24.0 Å². The minimum Gasteiger partial charge on any atom is -0.465 e. The van der Waals surface area contributed by atoms with Crippen molar-refractivity contribution in [2.24, 2.45) is 0 Å². The Morgan fingerprint density at radius 2 is 2.05 bits per heavy atom. The number of nitrogens with one attached hydrogen (secondary N) is 2. The molecule has 1 rings (SSSR count). The second kappa shape index (κ2) is 6.14. The summed E-state index contributed by atoms with van der Waals surface area (Å²) in [5.74, 6) is -0.369. The largest absolute Gasteiger partial charge is 0.465 e. The Labute approximate surface area is 110 Å². The van der Waals surface area contributed by atoms with Gasteiger partial charge in [0.2, 0.25) is 0 Å². The van der Waals surface area contributed by atoms with E-state index in [1.54, 1.807) is 13.8 Å². The summed E-state index contributed by atoms with van der Waals surface area (Å²) in [6.07, 6.45) is 0.500. The number of nitrogens with zero attached hydrogens (tertiary/aromatic N) is 1. The van der Waals surface area contributed by atoms with Crippen molar-refractivity contribution in [1.29, 1.82) is 0 Å². The fourth-order valence-electron chi connectivity index (χ4n) is 1.30. The number of amides is 2. The third kappa shape index (κ3) is 5.82. The molecule has 7 nitrogen and oxygen atoms in total. The summed E-state index contributed by atoms with van der Waals surface area (Å²) < 4.78 is 0. The maximum atomic E-state index is 11.7. The van der Waals surface area contributed by atoms with Gasteiger partial charge >= 0.3 is 6.09 Å². The van der Waals surface area contributed by atoms with Gasteiger partial charge in [0.05, 0.1) is 17.5 Å². The predicted molar refractivity (Wildman–Crippen MR) is 69.1 cm³/mol. The van der Waals surface area contributed by atoms with Gasteiger partial charge in [-0.3, -0.25) is 10.1 Å². The van der Waals surface area contributed by atoms with Crippen molar-refractivity contribution in [2.45, 2.75) is 25.9 Å². The number of carbonyl (C=O) groups is 2. The number of anilines is 1. The molecule has 0 atom stereocenters. The molecule has 1 aromatic rings. The van der Waals surface area contributed by atoms with Crippen LogP contribution in [-0.4, -0.2) is 39.3 Å². The summed E-state index contributed by atoms with van der Waals surface area (Å²) in [5.41, 5.74) is -0.358. The molecule has 2 amide bonds. The Kier molecular flexibility index (Phi) is 4.82. The van der Waals surface area contributed by atoms with E-state index in [9.17, 15) is 14.7 Å². The lowest BCUT2D eigenvalue weighted by Gasteiger charge is -2.16. The zero-order chi connectivity index (χ0) is 14.5. The molecule has 0 saturated heterocycles. The Bertz CT molecular complexity index is 451. The lowest BCUT2D eigenvalue weighted by atomic mass is 10.1. The zero-order valence-corrected chi connectivity index (χ0v) is 10.8. The van der Waals surface area contributed by atoms with Gasteiger partial charge < -0.3 is 15.5 Å². The third-order valence-electron chi connectivity index (χ3n) is 2.27. The summed E-state index contributed by atoms with van der Waals surface area (Å²) in [6, 6.07) is 2.87. The summed E-state index contributed by atoms with van der Waals surface area (Å²) in [4.78, 5) is 25.9. The van der Waals surface area contributed by atoms with Crippen molar-refractivity contribution in [2.75, 3.05) is 11.9 Å².